The molecule has 0 aliphatic carbocycles. The van der Waals surface area contributed by atoms with Crippen molar-refractivity contribution in [3.8, 4) is 45.3 Å². The number of para-hydroxylation sites is 2. The highest BCUT2D eigenvalue weighted by molar-refractivity contribution is 6.09. The molecule has 41 heavy (non-hydrogen) atoms. The number of aromatic nitrogens is 3. The van der Waals surface area contributed by atoms with E-state index in [2.05, 4.69) is 72.8 Å². The summed E-state index contributed by atoms with van der Waals surface area (Å²) in [6.45, 7) is 0. The van der Waals surface area contributed by atoms with Crippen LogP contribution in [0.1, 0.15) is 0 Å². The van der Waals surface area contributed by atoms with Crippen LogP contribution in [0.4, 0.5) is 0 Å². The molecule has 0 aliphatic heterocycles. The third kappa shape index (κ3) is 3.97. The highest BCUT2D eigenvalue weighted by Crippen LogP contribution is 2.37. The average Bonchev–Trinajstić information content (AvgIpc) is 3.44. The van der Waals surface area contributed by atoms with Gasteiger partial charge in [0.25, 0.3) is 0 Å². The fourth-order valence-electron chi connectivity index (χ4n) is 5.63. The van der Waals surface area contributed by atoms with Gasteiger partial charge in [-0.3, -0.25) is 0 Å². The van der Waals surface area contributed by atoms with Crippen molar-refractivity contribution in [2.75, 3.05) is 0 Å². The zero-order chi connectivity index (χ0) is 27.2. The Balaban J connectivity index is 1.39. The highest BCUT2D eigenvalue weighted by atomic mass is 16.3. The van der Waals surface area contributed by atoms with Gasteiger partial charge in [0.2, 0.25) is 0 Å². The Morgan fingerprint density at radius 3 is 1.61 bits per heavy atom. The smallest absolute Gasteiger partial charge is 0.167 e. The van der Waals surface area contributed by atoms with Crippen LogP contribution >= 0.6 is 0 Å². The second kappa shape index (κ2) is 9.54. The molecule has 6 aromatic carbocycles. The molecule has 4 heteroatoms. The van der Waals surface area contributed by atoms with Gasteiger partial charge in [0.15, 0.2) is 17.5 Å². The van der Waals surface area contributed by atoms with Crippen molar-refractivity contribution in [1.82, 2.24) is 15.0 Å². The van der Waals surface area contributed by atoms with Crippen LogP contribution in [0, 0.1) is 0 Å². The van der Waals surface area contributed by atoms with Crippen LogP contribution in [0.2, 0.25) is 0 Å². The fraction of sp³-hybridized carbons (Fsp3) is 0. The molecule has 0 N–H and O–H groups in total. The monoisotopic (exact) mass is 525 g/mol. The summed E-state index contributed by atoms with van der Waals surface area (Å²) in [6.07, 6.45) is 0. The van der Waals surface area contributed by atoms with Crippen molar-refractivity contribution in [1.29, 1.82) is 0 Å². The van der Waals surface area contributed by atoms with Gasteiger partial charge >= 0.3 is 0 Å². The minimum atomic E-state index is 0.578. The van der Waals surface area contributed by atoms with Gasteiger partial charge in [0.05, 0.1) is 5.56 Å². The first-order chi connectivity index (χ1) is 20.3. The van der Waals surface area contributed by atoms with Gasteiger partial charge in [-0.05, 0) is 34.0 Å². The number of hydrogen-bond donors (Lipinski definition) is 0. The molecule has 8 rings (SSSR count). The summed E-state index contributed by atoms with van der Waals surface area (Å²) >= 11 is 0. The largest absolute Gasteiger partial charge is 0.455 e. The lowest BCUT2D eigenvalue weighted by Gasteiger charge is -2.12. The van der Waals surface area contributed by atoms with Crippen LogP contribution in [0.25, 0.3) is 78.0 Å². The van der Waals surface area contributed by atoms with E-state index in [0.29, 0.717) is 17.5 Å². The minimum absolute atomic E-state index is 0.578. The molecule has 0 saturated carbocycles. The van der Waals surface area contributed by atoms with Gasteiger partial charge in [-0.2, -0.15) is 0 Å². The van der Waals surface area contributed by atoms with E-state index < -0.39 is 0 Å². The third-order valence-corrected chi connectivity index (χ3v) is 7.56. The lowest BCUT2D eigenvalue weighted by Crippen LogP contribution is -2.00. The SMILES string of the molecule is c1ccc(-c2nc(-c3cccc4c(-c5ccccc5)cccc34)nc(-c3cccc4c3oc3ccccc34)n2)cc1. The average molecular weight is 526 g/mol. The predicted octanol–water partition coefficient (Wildman–Crippen LogP) is 9.59. The second-order valence-corrected chi connectivity index (χ2v) is 10.0. The molecule has 0 saturated heterocycles. The number of hydrogen-bond acceptors (Lipinski definition) is 4. The van der Waals surface area contributed by atoms with Crippen molar-refractivity contribution in [3.05, 3.63) is 140 Å². The van der Waals surface area contributed by atoms with Gasteiger partial charge < -0.3 is 4.42 Å². The number of rotatable bonds is 4. The number of nitrogens with zero attached hydrogens (tertiary/aromatic N) is 3. The first kappa shape index (κ1) is 23.3. The van der Waals surface area contributed by atoms with E-state index in [1.165, 1.54) is 11.1 Å². The molecule has 192 valence electrons. The first-order valence-electron chi connectivity index (χ1n) is 13.6. The molecule has 0 fully saturated rings. The first-order valence-corrected chi connectivity index (χ1v) is 13.6. The van der Waals surface area contributed by atoms with E-state index in [0.717, 1.165) is 49.4 Å². The molecule has 0 radical (unpaired) electrons. The minimum Gasteiger partial charge on any atom is -0.455 e. The molecular weight excluding hydrogens is 502 g/mol. The molecule has 2 heterocycles. The fourth-order valence-corrected chi connectivity index (χ4v) is 5.63. The maximum Gasteiger partial charge on any atom is 0.167 e. The zero-order valence-electron chi connectivity index (χ0n) is 22.0. The molecule has 2 aromatic heterocycles. The second-order valence-electron chi connectivity index (χ2n) is 10.0. The van der Waals surface area contributed by atoms with Crippen molar-refractivity contribution in [2.24, 2.45) is 0 Å². The summed E-state index contributed by atoms with van der Waals surface area (Å²) < 4.78 is 6.36. The van der Waals surface area contributed by atoms with Crippen LogP contribution in [0.5, 0.6) is 0 Å². The topological polar surface area (TPSA) is 51.8 Å². The van der Waals surface area contributed by atoms with Crippen molar-refractivity contribution >= 4 is 32.7 Å². The van der Waals surface area contributed by atoms with E-state index in [4.69, 9.17) is 19.4 Å². The van der Waals surface area contributed by atoms with Crippen LogP contribution in [-0.4, -0.2) is 15.0 Å². The lowest BCUT2D eigenvalue weighted by molar-refractivity contribution is 0.669. The van der Waals surface area contributed by atoms with Crippen LogP contribution in [0.15, 0.2) is 144 Å². The number of fused-ring (bicyclic) bond motifs is 4. The Kier molecular flexibility index (Phi) is 5.42. The summed E-state index contributed by atoms with van der Waals surface area (Å²) in [5.74, 6) is 1.82. The van der Waals surface area contributed by atoms with E-state index in [9.17, 15) is 0 Å². The number of furan rings is 1. The molecule has 0 bridgehead atoms. The molecular formula is C37H23N3O. The standard InChI is InChI=1S/C37H23N3O/c1-3-12-24(13-4-1)26-17-9-19-28-27(26)18-10-21-31(28)36-38-35(25-14-5-2-6-15-25)39-37(40-36)32-22-11-20-30-29-16-7-8-23-33(29)41-34(30)32/h1-23H. The Morgan fingerprint density at radius 1 is 0.341 bits per heavy atom. The number of benzene rings is 6. The van der Waals surface area contributed by atoms with E-state index in [1.54, 1.807) is 0 Å². The van der Waals surface area contributed by atoms with Gasteiger partial charge in [0, 0.05) is 21.9 Å². The zero-order valence-corrected chi connectivity index (χ0v) is 22.0. The van der Waals surface area contributed by atoms with Gasteiger partial charge in [-0.25, -0.2) is 15.0 Å². The Labute approximate surface area is 236 Å². The Bertz CT molecular complexity index is 2200. The van der Waals surface area contributed by atoms with Gasteiger partial charge in [0.1, 0.15) is 11.2 Å². The third-order valence-electron chi connectivity index (χ3n) is 7.56. The van der Waals surface area contributed by atoms with Crippen molar-refractivity contribution in [2.45, 2.75) is 0 Å². The summed E-state index contributed by atoms with van der Waals surface area (Å²) in [6, 6.07) is 47.5. The van der Waals surface area contributed by atoms with E-state index >= 15 is 0 Å². The van der Waals surface area contributed by atoms with Crippen LogP contribution < -0.4 is 0 Å². The lowest BCUT2D eigenvalue weighted by atomic mass is 9.95. The van der Waals surface area contributed by atoms with Crippen molar-refractivity contribution in [3.63, 3.8) is 0 Å². The molecule has 0 spiro atoms. The van der Waals surface area contributed by atoms with Gasteiger partial charge in [-0.1, -0.05) is 127 Å². The summed E-state index contributed by atoms with van der Waals surface area (Å²) in [5, 5.41) is 4.36. The molecule has 0 unspecified atom stereocenters. The van der Waals surface area contributed by atoms with E-state index in [1.807, 2.05) is 66.7 Å². The predicted molar refractivity (Wildman–Crippen MR) is 166 cm³/mol. The normalized spacial score (nSPS) is 11.4. The van der Waals surface area contributed by atoms with Gasteiger partial charge in [-0.15, -0.1) is 0 Å². The summed E-state index contributed by atoms with van der Waals surface area (Å²) in [7, 11) is 0. The molecule has 4 nitrogen and oxygen atoms in total. The summed E-state index contributed by atoms with van der Waals surface area (Å²) in [5.41, 5.74) is 6.69. The molecule has 0 amide bonds. The Hall–Kier alpha value is -5.61. The quantitative estimate of drug-likeness (QED) is 0.230. The molecule has 8 aromatic rings. The summed E-state index contributed by atoms with van der Waals surface area (Å²) in [4.78, 5) is 15.1. The Morgan fingerprint density at radius 2 is 0.854 bits per heavy atom. The van der Waals surface area contributed by atoms with E-state index in [-0.39, 0.29) is 0 Å². The van der Waals surface area contributed by atoms with Crippen LogP contribution in [0.3, 0.4) is 0 Å². The highest BCUT2D eigenvalue weighted by Gasteiger charge is 2.18. The molecule has 0 atom stereocenters. The maximum absolute atomic E-state index is 6.36. The van der Waals surface area contributed by atoms with Crippen LogP contribution in [-0.2, 0) is 0 Å². The van der Waals surface area contributed by atoms with Crippen molar-refractivity contribution < 1.29 is 4.42 Å². The molecule has 0 aliphatic rings. The maximum atomic E-state index is 6.36.